The summed E-state index contributed by atoms with van der Waals surface area (Å²) in [4.78, 5) is 14.1. The minimum atomic E-state index is -0.0621. The van der Waals surface area contributed by atoms with E-state index in [9.17, 15) is 9.90 Å². The largest absolute Gasteiger partial charge is 0.508 e. The molecule has 0 aliphatic carbocycles. The number of amides is 1. The monoisotopic (exact) mass is 251 g/mol. The number of phenolic OH excluding ortho intramolecular Hbond substituents is 1. The molecule has 0 unspecified atom stereocenters. The van der Waals surface area contributed by atoms with Gasteiger partial charge in [0.2, 0.25) is 0 Å². The van der Waals surface area contributed by atoms with Crippen molar-refractivity contribution in [1.29, 1.82) is 0 Å². The van der Waals surface area contributed by atoms with Crippen molar-refractivity contribution in [3.63, 3.8) is 0 Å². The van der Waals surface area contributed by atoms with Gasteiger partial charge >= 0.3 is 0 Å². The predicted molar refractivity (Wildman–Crippen MR) is 71.1 cm³/mol. The Kier molecular flexibility index (Phi) is 5.49. The first-order valence-corrected chi connectivity index (χ1v) is 6.29. The van der Waals surface area contributed by atoms with Crippen LogP contribution in [0, 0.1) is 0 Å². The summed E-state index contributed by atoms with van der Waals surface area (Å²) < 4.78 is 5.05. The molecular formula is C14H21NO3. The molecule has 0 radical (unpaired) electrons. The number of carbonyl (C=O) groups is 1. The molecule has 0 atom stereocenters. The van der Waals surface area contributed by atoms with Crippen LogP contribution in [0.2, 0.25) is 0 Å². The van der Waals surface area contributed by atoms with Crippen molar-refractivity contribution >= 4 is 5.91 Å². The summed E-state index contributed by atoms with van der Waals surface area (Å²) >= 11 is 0. The average molecular weight is 251 g/mol. The molecule has 1 amide bonds. The maximum Gasteiger partial charge on any atom is 0.254 e. The zero-order chi connectivity index (χ0) is 13.5. The number of hydrogen-bond acceptors (Lipinski definition) is 3. The fourth-order valence-electron chi connectivity index (χ4n) is 1.86. The van der Waals surface area contributed by atoms with Crippen LogP contribution < -0.4 is 4.74 Å². The Bertz CT molecular complexity index is 398. The lowest BCUT2D eigenvalue weighted by molar-refractivity contribution is 0.0755. The third kappa shape index (κ3) is 3.65. The van der Waals surface area contributed by atoms with E-state index in [1.807, 2.05) is 13.8 Å². The molecule has 1 aromatic rings. The van der Waals surface area contributed by atoms with Crippen LogP contribution >= 0.6 is 0 Å². The van der Waals surface area contributed by atoms with Crippen LogP contribution in [0.1, 0.15) is 37.0 Å². The molecule has 1 rings (SSSR count). The van der Waals surface area contributed by atoms with Gasteiger partial charge in [-0.25, -0.2) is 0 Å². The van der Waals surface area contributed by atoms with E-state index in [-0.39, 0.29) is 11.7 Å². The Hall–Kier alpha value is -1.71. The van der Waals surface area contributed by atoms with Gasteiger partial charge < -0.3 is 14.7 Å². The molecule has 0 saturated heterocycles. The van der Waals surface area contributed by atoms with Gasteiger partial charge in [0.1, 0.15) is 11.5 Å². The minimum absolute atomic E-state index is 0.0469. The maximum atomic E-state index is 12.3. The predicted octanol–water partition coefficient (Wildman–Crippen LogP) is 2.66. The molecule has 1 N–H and O–H groups in total. The smallest absolute Gasteiger partial charge is 0.254 e. The Morgan fingerprint density at radius 2 is 1.83 bits per heavy atom. The molecule has 18 heavy (non-hydrogen) atoms. The third-order valence-electron chi connectivity index (χ3n) is 2.65. The first-order chi connectivity index (χ1) is 8.62. The van der Waals surface area contributed by atoms with Gasteiger partial charge in [0.25, 0.3) is 5.91 Å². The zero-order valence-electron chi connectivity index (χ0n) is 11.3. The summed E-state index contributed by atoms with van der Waals surface area (Å²) in [6.07, 6.45) is 1.84. The van der Waals surface area contributed by atoms with Gasteiger partial charge in [-0.3, -0.25) is 4.79 Å². The van der Waals surface area contributed by atoms with E-state index >= 15 is 0 Å². The highest BCUT2D eigenvalue weighted by atomic mass is 16.5. The van der Waals surface area contributed by atoms with Crippen molar-refractivity contribution in [2.45, 2.75) is 26.7 Å². The molecule has 0 aliphatic rings. The van der Waals surface area contributed by atoms with Gasteiger partial charge in [0, 0.05) is 24.7 Å². The fraction of sp³-hybridized carbons (Fsp3) is 0.500. The summed E-state index contributed by atoms with van der Waals surface area (Å²) in [5.74, 6) is 0.477. The number of benzene rings is 1. The standard InChI is InChI=1S/C14H21NO3/c1-4-6-15(7-5-2)14(17)11-8-12(16)10-13(9-11)18-3/h8-10,16H,4-7H2,1-3H3. The van der Waals surface area contributed by atoms with Gasteiger partial charge in [-0.05, 0) is 25.0 Å². The Balaban J connectivity index is 2.96. The Morgan fingerprint density at radius 1 is 1.22 bits per heavy atom. The van der Waals surface area contributed by atoms with E-state index in [0.717, 1.165) is 25.9 Å². The molecule has 4 nitrogen and oxygen atoms in total. The molecular weight excluding hydrogens is 230 g/mol. The van der Waals surface area contributed by atoms with Gasteiger partial charge in [0.15, 0.2) is 0 Å². The molecule has 0 aliphatic heterocycles. The van der Waals surface area contributed by atoms with E-state index in [1.54, 1.807) is 11.0 Å². The van der Waals surface area contributed by atoms with Gasteiger partial charge in [-0.15, -0.1) is 0 Å². The van der Waals surface area contributed by atoms with Gasteiger partial charge in [0.05, 0.1) is 7.11 Å². The molecule has 100 valence electrons. The molecule has 4 heteroatoms. The van der Waals surface area contributed by atoms with E-state index in [2.05, 4.69) is 0 Å². The van der Waals surface area contributed by atoms with Gasteiger partial charge in [-0.2, -0.15) is 0 Å². The van der Waals surface area contributed by atoms with E-state index in [1.165, 1.54) is 19.2 Å². The van der Waals surface area contributed by atoms with E-state index in [4.69, 9.17) is 4.74 Å². The number of rotatable bonds is 6. The second kappa shape index (κ2) is 6.89. The topological polar surface area (TPSA) is 49.8 Å². The summed E-state index contributed by atoms with van der Waals surface area (Å²) in [5.41, 5.74) is 0.466. The van der Waals surface area contributed by atoms with Crippen LogP contribution in [0.4, 0.5) is 0 Å². The third-order valence-corrected chi connectivity index (χ3v) is 2.65. The van der Waals surface area contributed by atoms with Crippen molar-refractivity contribution in [3.8, 4) is 11.5 Å². The number of phenols is 1. The number of ether oxygens (including phenoxy) is 1. The van der Waals surface area contributed by atoms with Crippen LogP contribution in [0.15, 0.2) is 18.2 Å². The quantitative estimate of drug-likeness (QED) is 0.845. The Morgan fingerprint density at radius 3 is 2.33 bits per heavy atom. The van der Waals surface area contributed by atoms with Gasteiger partial charge in [-0.1, -0.05) is 13.8 Å². The van der Waals surface area contributed by atoms with Crippen molar-refractivity contribution in [2.75, 3.05) is 20.2 Å². The van der Waals surface area contributed by atoms with Crippen molar-refractivity contribution in [2.24, 2.45) is 0 Å². The zero-order valence-corrected chi connectivity index (χ0v) is 11.3. The number of aromatic hydroxyl groups is 1. The normalized spacial score (nSPS) is 10.2. The number of carbonyl (C=O) groups excluding carboxylic acids is 1. The number of hydrogen-bond donors (Lipinski definition) is 1. The molecule has 0 saturated carbocycles. The number of methoxy groups -OCH3 is 1. The highest BCUT2D eigenvalue weighted by Gasteiger charge is 2.15. The number of nitrogens with zero attached hydrogens (tertiary/aromatic N) is 1. The second-order valence-corrected chi connectivity index (χ2v) is 4.21. The fourth-order valence-corrected chi connectivity index (χ4v) is 1.86. The van der Waals surface area contributed by atoms with E-state index in [0.29, 0.717) is 11.3 Å². The van der Waals surface area contributed by atoms with Crippen molar-refractivity contribution in [3.05, 3.63) is 23.8 Å². The molecule has 0 aromatic heterocycles. The van der Waals surface area contributed by atoms with Crippen LogP contribution in [0.5, 0.6) is 11.5 Å². The molecule has 1 aromatic carbocycles. The molecule has 0 fully saturated rings. The Labute approximate surface area is 108 Å². The summed E-state index contributed by atoms with van der Waals surface area (Å²) in [6.45, 7) is 5.53. The second-order valence-electron chi connectivity index (χ2n) is 4.21. The summed E-state index contributed by atoms with van der Waals surface area (Å²) in [6, 6.07) is 4.62. The van der Waals surface area contributed by atoms with E-state index < -0.39 is 0 Å². The highest BCUT2D eigenvalue weighted by Crippen LogP contribution is 2.22. The first kappa shape index (κ1) is 14.4. The minimum Gasteiger partial charge on any atom is -0.508 e. The molecule has 0 spiro atoms. The molecule has 0 bridgehead atoms. The van der Waals surface area contributed by atoms with Crippen molar-refractivity contribution < 1.29 is 14.6 Å². The SMILES string of the molecule is CCCN(CCC)C(=O)c1cc(O)cc(OC)c1. The highest BCUT2D eigenvalue weighted by molar-refractivity contribution is 5.95. The van der Waals surface area contributed by atoms with Crippen LogP contribution in [-0.2, 0) is 0 Å². The van der Waals surface area contributed by atoms with Crippen LogP contribution in [-0.4, -0.2) is 36.1 Å². The summed E-state index contributed by atoms with van der Waals surface area (Å²) in [7, 11) is 1.51. The summed E-state index contributed by atoms with van der Waals surface area (Å²) in [5, 5.41) is 9.56. The van der Waals surface area contributed by atoms with Crippen LogP contribution in [0.3, 0.4) is 0 Å². The lowest BCUT2D eigenvalue weighted by Gasteiger charge is -2.21. The molecule has 0 heterocycles. The average Bonchev–Trinajstić information content (AvgIpc) is 2.36. The lowest BCUT2D eigenvalue weighted by atomic mass is 10.1. The van der Waals surface area contributed by atoms with Crippen molar-refractivity contribution in [1.82, 2.24) is 4.90 Å². The lowest BCUT2D eigenvalue weighted by Crippen LogP contribution is -2.32. The first-order valence-electron chi connectivity index (χ1n) is 6.29. The maximum absolute atomic E-state index is 12.3. The van der Waals surface area contributed by atoms with Crippen LogP contribution in [0.25, 0.3) is 0 Å².